The summed E-state index contributed by atoms with van der Waals surface area (Å²) in [6, 6.07) is 11.2. The first kappa shape index (κ1) is 18.4. The SMILES string of the molecule is Cc1nn(C)cc1CN(C)S(=O)(=O)c1cccc2c(N(C)C)cccc12. The largest absolute Gasteiger partial charge is 0.377 e. The van der Waals surface area contributed by atoms with E-state index in [0.717, 1.165) is 27.7 Å². The Bertz CT molecular complexity index is 1050. The van der Waals surface area contributed by atoms with Gasteiger partial charge in [0.2, 0.25) is 10.0 Å². The molecule has 0 fully saturated rings. The highest BCUT2D eigenvalue weighted by molar-refractivity contribution is 7.89. The normalized spacial score (nSPS) is 12.1. The van der Waals surface area contributed by atoms with Crippen molar-refractivity contribution in [3.8, 4) is 0 Å². The molecule has 0 atom stereocenters. The third-order valence-corrected chi connectivity index (χ3v) is 6.40. The Hall–Kier alpha value is -2.38. The molecule has 0 spiro atoms. The highest BCUT2D eigenvalue weighted by Gasteiger charge is 2.24. The number of fused-ring (bicyclic) bond motifs is 1. The van der Waals surface area contributed by atoms with E-state index < -0.39 is 10.0 Å². The molecule has 0 saturated heterocycles. The zero-order chi connectivity index (χ0) is 19.1. The molecule has 7 heteroatoms. The quantitative estimate of drug-likeness (QED) is 0.691. The van der Waals surface area contributed by atoms with Gasteiger partial charge in [-0.3, -0.25) is 4.68 Å². The zero-order valence-electron chi connectivity index (χ0n) is 15.8. The number of rotatable bonds is 5. The molecule has 0 aliphatic carbocycles. The van der Waals surface area contributed by atoms with Gasteiger partial charge >= 0.3 is 0 Å². The summed E-state index contributed by atoms with van der Waals surface area (Å²) in [5.74, 6) is 0. The average Bonchev–Trinajstić information content (AvgIpc) is 2.90. The second-order valence-corrected chi connectivity index (χ2v) is 8.71. The van der Waals surface area contributed by atoms with Crippen LogP contribution >= 0.6 is 0 Å². The number of aromatic nitrogens is 2. The third kappa shape index (κ3) is 3.20. The van der Waals surface area contributed by atoms with Crippen LogP contribution in [0.25, 0.3) is 10.8 Å². The van der Waals surface area contributed by atoms with Crippen LogP contribution < -0.4 is 4.90 Å². The maximum atomic E-state index is 13.2. The molecule has 6 nitrogen and oxygen atoms in total. The van der Waals surface area contributed by atoms with E-state index in [1.165, 1.54) is 4.31 Å². The predicted octanol–water partition coefficient (Wildman–Crippen LogP) is 2.77. The molecule has 0 aliphatic heterocycles. The standard InChI is InChI=1S/C19H24N4O2S/c1-14-15(12-22(4)20-14)13-23(5)26(24,25)19-11-7-8-16-17(19)9-6-10-18(16)21(2)3/h6-12H,13H2,1-5H3. The van der Waals surface area contributed by atoms with Gasteiger partial charge in [-0.15, -0.1) is 0 Å². The van der Waals surface area contributed by atoms with Crippen LogP contribution in [-0.4, -0.2) is 43.6 Å². The Morgan fingerprint density at radius 2 is 1.69 bits per heavy atom. The first-order valence-corrected chi connectivity index (χ1v) is 9.80. The van der Waals surface area contributed by atoms with E-state index in [9.17, 15) is 8.42 Å². The Morgan fingerprint density at radius 3 is 2.31 bits per heavy atom. The monoisotopic (exact) mass is 372 g/mol. The van der Waals surface area contributed by atoms with Crippen LogP contribution in [0.1, 0.15) is 11.3 Å². The topological polar surface area (TPSA) is 58.4 Å². The second-order valence-electron chi connectivity index (χ2n) is 6.70. The summed E-state index contributed by atoms with van der Waals surface area (Å²) in [5.41, 5.74) is 2.72. The van der Waals surface area contributed by atoms with Crippen molar-refractivity contribution >= 4 is 26.5 Å². The van der Waals surface area contributed by atoms with E-state index in [1.54, 1.807) is 23.9 Å². The average molecular weight is 372 g/mol. The Kier molecular flexibility index (Phi) is 4.77. The van der Waals surface area contributed by atoms with Gasteiger partial charge in [0.25, 0.3) is 0 Å². The lowest BCUT2D eigenvalue weighted by molar-refractivity contribution is 0.466. The van der Waals surface area contributed by atoms with Crippen molar-refractivity contribution in [3.05, 3.63) is 53.9 Å². The van der Waals surface area contributed by atoms with Gasteiger partial charge in [0.1, 0.15) is 0 Å². The molecule has 0 radical (unpaired) electrons. The third-order valence-electron chi connectivity index (χ3n) is 4.54. The summed E-state index contributed by atoms with van der Waals surface area (Å²) in [4.78, 5) is 2.31. The van der Waals surface area contributed by atoms with Crippen molar-refractivity contribution in [2.24, 2.45) is 7.05 Å². The maximum absolute atomic E-state index is 13.2. The maximum Gasteiger partial charge on any atom is 0.243 e. The van der Waals surface area contributed by atoms with Crippen LogP contribution in [0, 0.1) is 6.92 Å². The van der Waals surface area contributed by atoms with Gasteiger partial charge in [-0.25, -0.2) is 8.42 Å². The summed E-state index contributed by atoms with van der Waals surface area (Å²) >= 11 is 0. The Labute approximate surface area is 154 Å². The second kappa shape index (κ2) is 6.74. The minimum Gasteiger partial charge on any atom is -0.377 e. The van der Waals surface area contributed by atoms with E-state index in [0.29, 0.717) is 4.90 Å². The summed E-state index contributed by atoms with van der Waals surface area (Å²) in [6.07, 6.45) is 1.86. The Balaban J connectivity index is 2.07. The Morgan fingerprint density at radius 1 is 1.04 bits per heavy atom. The molecule has 3 aromatic rings. The van der Waals surface area contributed by atoms with Crippen molar-refractivity contribution in [1.29, 1.82) is 0 Å². The number of sulfonamides is 1. The number of hydrogen-bond donors (Lipinski definition) is 0. The molecule has 0 aliphatic rings. The van der Waals surface area contributed by atoms with Gasteiger partial charge in [0.05, 0.1) is 10.6 Å². The van der Waals surface area contributed by atoms with Gasteiger partial charge in [-0.2, -0.15) is 9.40 Å². The van der Waals surface area contributed by atoms with E-state index in [-0.39, 0.29) is 6.54 Å². The molecule has 0 bridgehead atoms. The minimum absolute atomic E-state index is 0.283. The lowest BCUT2D eigenvalue weighted by Crippen LogP contribution is -2.27. The fraction of sp³-hybridized carbons (Fsp3) is 0.316. The van der Waals surface area contributed by atoms with Crippen LogP contribution in [0.3, 0.4) is 0 Å². The number of anilines is 1. The lowest BCUT2D eigenvalue weighted by atomic mass is 10.1. The van der Waals surface area contributed by atoms with E-state index in [2.05, 4.69) is 5.10 Å². The minimum atomic E-state index is -3.64. The molecule has 2 aromatic carbocycles. The number of nitrogens with zero attached hydrogens (tertiary/aromatic N) is 4. The first-order chi connectivity index (χ1) is 12.2. The molecule has 26 heavy (non-hydrogen) atoms. The van der Waals surface area contributed by atoms with Gasteiger partial charge in [-0.1, -0.05) is 24.3 Å². The molecule has 1 aromatic heterocycles. The van der Waals surface area contributed by atoms with E-state index in [1.807, 2.05) is 63.4 Å². The predicted molar refractivity (Wildman–Crippen MR) is 105 cm³/mol. The molecule has 0 saturated carbocycles. The van der Waals surface area contributed by atoms with Gasteiger partial charge in [0.15, 0.2) is 0 Å². The van der Waals surface area contributed by atoms with Gasteiger partial charge in [0, 0.05) is 63.0 Å². The molecule has 138 valence electrons. The highest BCUT2D eigenvalue weighted by atomic mass is 32.2. The van der Waals surface area contributed by atoms with Crippen LogP contribution in [0.4, 0.5) is 5.69 Å². The fourth-order valence-corrected chi connectivity index (χ4v) is 4.53. The molecule has 3 rings (SSSR count). The highest BCUT2D eigenvalue weighted by Crippen LogP contribution is 2.31. The van der Waals surface area contributed by atoms with Crippen LogP contribution in [0.5, 0.6) is 0 Å². The van der Waals surface area contributed by atoms with Crippen molar-refractivity contribution in [2.75, 3.05) is 26.0 Å². The van der Waals surface area contributed by atoms with Gasteiger partial charge in [-0.05, 0) is 19.1 Å². The van der Waals surface area contributed by atoms with E-state index in [4.69, 9.17) is 0 Å². The lowest BCUT2D eigenvalue weighted by Gasteiger charge is -2.20. The first-order valence-electron chi connectivity index (χ1n) is 8.36. The van der Waals surface area contributed by atoms with Crippen LogP contribution in [0.2, 0.25) is 0 Å². The van der Waals surface area contributed by atoms with Gasteiger partial charge < -0.3 is 4.90 Å². The fourth-order valence-electron chi connectivity index (χ4n) is 3.18. The smallest absolute Gasteiger partial charge is 0.243 e. The molecule has 0 amide bonds. The van der Waals surface area contributed by atoms with Crippen molar-refractivity contribution in [1.82, 2.24) is 14.1 Å². The number of hydrogen-bond acceptors (Lipinski definition) is 4. The summed E-state index contributed by atoms with van der Waals surface area (Å²) < 4.78 is 29.6. The molecular formula is C19H24N4O2S. The zero-order valence-corrected chi connectivity index (χ0v) is 16.6. The number of aryl methyl sites for hydroxylation is 2. The summed E-state index contributed by atoms with van der Waals surface area (Å²) in [5, 5.41) is 5.94. The summed E-state index contributed by atoms with van der Waals surface area (Å²) in [7, 11) is 3.71. The van der Waals surface area contributed by atoms with Crippen LogP contribution in [-0.2, 0) is 23.6 Å². The van der Waals surface area contributed by atoms with Crippen molar-refractivity contribution in [2.45, 2.75) is 18.4 Å². The van der Waals surface area contributed by atoms with Crippen molar-refractivity contribution < 1.29 is 8.42 Å². The van der Waals surface area contributed by atoms with E-state index >= 15 is 0 Å². The molecule has 0 unspecified atom stereocenters. The molecule has 0 N–H and O–H groups in total. The number of benzene rings is 2. The van der Waals surface area contributed by atoms with Crippen molar-refractivity contribution in [3.63, 3.8) is 0 Å². The molecule has 1 heterocycles. The van der Waals surface area contributed by atoms with Crippen LogP contribution in [0.15, 0.2) is 47.5 Å². The molecular weight excluding hydrogens is 348 g/mol. The summed E-state index contributed by atoms with van der Waals surface area (Å²) in [6.45, 7) is 2.17.